The molecular formula is C8H15NO4. The van der Waals surface area contributed by atoms with Gasteiger partial charge in [0.25, 0.3) is 6.47 Å². The minimum absolute atomic E-state index is 0.245. The number of ether oxygens (including phenoxy) is 1. The number of carbonyl (C=O) groups is 2. The number of carboxylic acids is 1. The monoisotopic (exact) mass is 190 g/mol. The van der Waals surface area contributed by atoms with E-state index in [4.69, 9.17) is 6.48 Å². The Bertz CT molecular complexity index is 219. The van der Waals surface area contributed by atoms with Crippen LogP contribution in [0.4, 0.5) is 0 Å². The molecule has 5 heteroatoms. The van der Waals surface area contributed by atoms with Crippen LogP contribution in [0.25, 0.3) is 0 Å². The Morgan fingerprint density at radius 2 is 2.38 bits per heavy atom. The average Bonchev–Trinajstić information content (AvgIpc) is 2.03. The van der Waals surface area contributed by atoms with E-state index >= 15 is 0 Å². The number of carbonyl (C=O) groups excluding carboxylic acids is 1. The first-order chi connectivity index (χ1) is 6.31. The van der Waals surface area contributed by atoms with E-state index in [0.717, 1.165) is 0 Å². The molecule has 0 saturated heterocycles. The van der Waals surface area contributed by atoms with E-state index in [2.05, 4.69) is 10.1 Å². The van der Waals surface area contributed by atoms with Gasteiger partial charge in [-0.25, -0.2) is 0 Å². The van der Waals surface area contributed by atoms with Crippen LogP contribution >= 0.6 is 0 Å². The van der Waals surface area contributed by atoms with Crippen molar-refractivity contribution in [3.8, 4) is 0 Å². The van der Waals surface area contributed by atoms with Crippen LogP contribution in [0.3, 0.4) is 0 Å². The Morgan fingerprint density at radius 3 is 2.77 bits per heavy atom. The predicted octanol–water partition coefficient (Wildman–Crippen LogP) is 0.000700. The second-order valence-corrected chi connectivity index (χ2v) is 3.19. The summed E-state index contributed by atoms with van der Waals surface area (Å²) in [7, 11) is 0. The van der Waals surface area contributed by atoms with Gasteiger partial charge in [0.15, 0.2) is 0 Å². The van der Waals surface area contributed by atoms with Gasteiger partial charge in [-0.05, 0) is 20.8 Å². The summed E-state index contributed by atoms with van der Waals surface area (Å²) in [6.07, 6.45) is 0. The van der Waals surface area contributed by atoms with Crippen molar-refractivity contribution in [1.29, 1.82) is 0 Å². The standard InChI is InChI=1S/C8H15NO4/c1-6(7(11)12)9-4-8(2,3)13-5-10/h5-6,9H,4H2,1-3H3,(H,11,12)/t6-/m0/s1/i4D/t4?,6-. The van der Waals surface area contributed by atoms with Crippen LogP contribution in [0.1, 0.15) is 22.1 Å². The highest BCUT2D eigenvalue weighted by Gasteiger charge is 2.21. The lowest BCUT2D eigenvalue weighted by Crippen LogP contribution is -2.44. The van der Waals surface area contributed by atoms with E-state index in [1.807, 2.05) is 0 Å². The zero-order chi connectivity index (χ0) is 11.4. The third kappa shape index (κ3) is 5.19. The van der Waals surface area contributed by atoms with E-state index in [1.165, 1.54) is 20.8 Å². The quantitative estimate of drug-likeness (QED) is 0.576. The zero-order valence-electron chi connectivity index (χ0n) is 8.90. The fourth-order valence-electron chi connectivity index (χ4n) is 0.555. The summed E-state index contributed by atoms with van der Waals surface area (Å²) in [4.78, 5) is 20.6. The largest absolute Gasteiger partial charge is 0.480 e. The van der Waals surface area contributed by atoms with Gasteiger partial charge < -0.3 is 15.2 Å². The van der Waals surface area contributed by atoms with Crippen LogP contribution in [0.15, 0.2) is 0 Å². The van der Waals surface area contributed by atoms with E-state index in [-0.39, 0.29) is 6.47 Å². The summed E-state index contributed by atoms with van der Waals surface area (Å²) in [6, 6.07) is -0.855. The van der Waals surface area contributed by atoms with Crippen molar-refractivity contribution in [1.82, 2.24) is 5.32 Å². The van der Waals surface area contributed by atoms with Crippen LogP contribution < -0.4 is 5.32 Å². The van der Waals surface area contributed by atoms with Crippen molar-refractivity contribution in [3.63, 3.8) is 0 Å². The van der Waals surface area contributed by atoms with E-state index < -0.39 is 24.1 Å². The molecule has 0 heterocycles. The molecule has 0 aliphatic rings. The number of carboxylic acid groups (broad SMARTS) is 1. The Kier molecular flexibility index (Phi) is 3.70. The maximum Gasteiger partial charge on any atom is 0.320 e. The number of aliphatic carboxylic acids is 1. The molecule has 13 heavy (non-hydrogen) atoms. The van der Waals surface area contributed by atoms with E-state index in [0.29, 0.717) is 0 Å². The minimum Gasteiger partial charge on any atom is -0.480 e. The Hall–Kier alpha value is -1.10. The SMILES string of the molecule is [2H]C(N[C@@H](C)C(=O)O)C(C)(C)OC=O. The smallest absolute Gasteiger partial charge is 0.320 e. The normalized spacial score (nSPS) is 17.0. The van der Waals surface area contributed by atoms with Gasteiger partial charge in [-0.2, -0.15) is 0 Å². The van der Waals surface area contributed by atoms with E-state index in [9.17, 15) is 9.59 Å². The van der Waals surface area contributed by atoms with Gasteiger partial charge in [-0.3, -0.25) is 9.59 Å². The van der Waals surface area contributed by atoms with Crippen molar-refractivity contribution in [2.24, 2.45) is 0 Å². The van der Waals surface area contributed by atoms with Crippen LogP contribution in [-0.2, 0) is 14.3 Å². The molecule has 0 aliphatic heterocycles. The van der Waals surface area contributed by atoms with Crippen molar-refractivity contribution in [2.45, 2.75) is 32.4 Å². The Balaban J connectivity index is 4.25. The highest BCUT2D eigenvalue weighted by molar-refractivity contribution is 5.72. The molecule has 0 rings (SSSR count). The summed E-state index contributed by atoms with van der Waals surface area (Å²) in [5, 5.41) is 11.1. The Morgan fingerprint density at radius 1 is 1.85 bits per heavy atom. The van der Waals surface area contributed by atoms with Gasteiger partial charge in [-0.15, -0.1) is 0 Å². The molecule has 0 radical (unpaired) electrons. The molecule has 76 valence electrons. The number of rotatable bonds is 6. The predicted molar refractivity (Wildman–Crippen MR) is 46.3 cm³/mol. The second kappa shape index (κ2) is 4.81. The molecule has 0 bridgehead atoms. The average molecular weight is 190 g/mol. The molecule has 0 aliphatic carbocycles. The first-order valence-corrected chi connectivity index (χ1v) is 3.84. The minimum atomic E-state index is -1.05. The molecule has 0 amide bonds. The molecule has 2 atom stereocenters. The molecule has 0 aromatic carbocycles. The summed E-state index contributed by atoms with van der Waals surface area (Å²) < 4.78 is 12.2. The lowest BCUT2D eigenvalue weighted by molar-refractivity contribution is -0.141. The highest BCUT2D eigenvalue weighted by Crippen LogP contribution is 2.05. The van der Waals surface area contributed by atoms with Crippen LogP contribution in [-0.4, -0.2) is 35.7 Å². The lowest BCUT2D eigenvalue weighted by atomic mass is 10.1. The van der Waals surface area contributed by atoms with Crippen molar-refractivity contribution in [3.05, 3.63) is 0 Å². The van der Waals surface area contributed by atoms with Crippen LogP contribution in [0, 0.1) is 0 Å². The lowest BCUT2D eigenvalue weighted by Gasteiger charge is -2.24. The zero-order valence-corrected chi connectivity index (χ0v) is 7.90. The third-order valence-electron chi connectivity index (χ3n) is 1.40. The number of nitrogens with one attached hydrogen (secondary N) is 1. The second-order valence-electron chi connectivity index (χ2n) is 3.19. The van der Waals surface area contributed by atoms with E-state index in [1.54, 1.807) is 0 Å². The molecular weight excluding hydrogens is 174 g/mol. The summed E-state index contributed by atoms with van der Waals surface area (Å²) in [5.41, 5.74) is -1.05. The first kappa shape index (κ1) is 9.98. The third-order valence-corrected chi connectivity index (χ3v) is 1.40. The fourth-order valence-corrected chi connectivity index (χ4v) is 0.555. The molecule has 0 saturated carbocycles. The number of hydrogen-bond acceptors (Lipinski definition) is 4. The first-order valence-electron chi connectivity index (χ1n) is 4.41. The van der Waals surface area contributed by atoms with Gasteiger partial charge in [0.05, 0.1) is 0 Å². The fraction of sp³-hybridized carbons (Fsp3) is 0.750. The van der Waals surface area contributed by atoms with Crippen molar-refractivity contribution >= 4 is 12.4 Å². The molecule has 0 aromatic rings. The Labute approximate surface area is 78.5 Å². The number of hydrogen-bond donors (Lipinski definition) is 2. The topological polar surface area (TPSA) is 75.6 Å². The molecule has 0 spiro atoms. The highest BCUT2D eigenvalue weighted by atomic mass is 16.5. The van der Waals surface area contributed by atoms with Gasteiger partial charge in [0.2, 0.25) is 0 Å². The van der Waals surface area contributed by atoms with Gasteiger partial charge in [0, 0.05) is 7.89 Å². The van der Waals surface area contributed by atoms with Crippen molar-refractivity contribution in [2.75, 3.05) is 6.52 Å². The van der Waals surface area contributed by atoms with Gasteiger partial charge in [-0.1, -0.05) is 0 Å². The molecule has 2 N–H and O–H groups in total. The molecule has 5 nitrogen and oxygen atoms in total. The maximum atomic E-state index is 10.5. The molecule has 1 unspecified atom stereocenters. The molecule has 0 fully saturated rings. The summed E-state index contributed by atoms with van der Waals surface area (Å²) in [6.45, 7) is 3.73. The summed E-state index contributed by atoms with van der Waals surface area (Å²) >= 11 is 0. The summed E-state index contributed by atoms with van der Waals surface area (Å²) in [5.74, 6) is -1.05. The van der Waals surface area contributed by atoms with Gasteiger partial charge >= 0.3 is 5.97 Å². The van der Waals surface area contributed by atoms with Crippen molar-refractivity contribution < 1.29 is 20.8 Å². The maximum absolute atomic E-state index is 10.5. The van der Waals surface area contributed by atoms with Crippen LogP contribution in [0.2, 0.25) is 0 Å². The molecule has 0 aromatic heterocycles. The van der Waals surface area contributed by atoms with Gasteiger partial charge in [0.1, 0.15) is 11.6 Å². The van der Waals surface area contributed by atoms with Crippen LogP contribution in [0.5, 0.6) is 0 Å².